The number of halogens is 1. The Bertz CT molecular complexity index is 861. The first kappa shape index (κ1) is 20.1. The van der Waals surface area contributed by atoms with Gasteiger partial charge in [-0.2, -0.15) is 0 Å². The van der Waals surface area contributed by atoms with Gasteiger partial charge in [0.2, 0.25) is 0 Å². The third-order valence-corrected chi connectivity index (χ3v) is 6.30. The molecule has 0 amide bonds. The van der Waals surface area contributed by atoms with Gasteiger partial charge in [0.1, 0.15) is 5.75 Å². The lowest BCUT2D eigenvalue weighted by molar-refractivity contribution is 0.256. The number of fused-ring (bicyclic) bond motifs is 1. The summed E-state index contributed by atoms with van der Waals surface area (Å²) >= 11 is 6.15. The van der Waals surface area contributed by atoms with Crippen LogP contribution in [0.25, 0.3) is 0 Å². The van der Waals surface area contributed by atoms with Gasteiger partial charge in [0.15, 0.2) is 0 Å². The summed E-state index contributed by atoms with van der Waals surface area (Å²) in [6.07, 6.45) is 3.15. The number of nitrogens with zero attached hydrogens (tertiary/aromatic N) is 3. The molecule has 154 valence electrons. The van der Waals surface area contributed by atoms with Gasteiger partial charge in [-0.15, -0.1) is 0 Å². The fourth-order valence-corrected chi connectivity index (χ4v) is 4.64. The third kappa shape index (κ3) is 4.54. The van der Waals surface area contributed by atoms with Gasteiger partial charge in [-0.25, -0.2) is 0 Å². The van der Waals surface area contributed by atoms with Crippen LogP contribution in [0.2, 0.25) is 5.02 Å². The van der Waals surface area contributed by atoms with E-state index in [2.05, 4.69) is 51.6 Å². The second-order valence-electron chi connectivity index (χ2n) is 7.84. The molecule has 1 fully saturated rings. The minimum absolute atomic E-state index is 0.809. The average molecular weight is 412 g/mol. The maximum atomic E-state index is 6.15. The zero-order valence-corrected chi connectivity index (χ0v) is 18.0. The largest absolute Gasteiger partial charge is 0.496 e. The first-order valence-electron chi connectivity index (χ1n) is 10.5. The number of hydrogen-bond donors (Lipinski definition) is 0. The molecule has 4 rings (SSSR count). The molecule has 1 saturated heterocycles. The number of hydrogen-bond acceptors (Lipinski definition) is 4. The summed E-state index contributed by atoms with van der Waals surface area (Å²) in [5.41, 5.74) is 5.03. The molecule has 5 heteroatoms. The maximum Gasteiger partial charge on any atom is 0.124 e. The van der Waals surface area contributed by atoms with E-state index in [1.165, 1.54) is 22.6 Å². The molecule has 0 aromatic heterocycles. The standard InChI is InChI=1S/C24H30ClN3O/c1-19-10-11-22-23(8-4-9-24(22)29-2)28(19)13-5-12-26-14-16-27(17-15-26)21-7-3-6-20(25)18-21/h3-4,6-9,18H,1,5,10-17H2,2H3. The number of piperazine rings is 1. The van der Waals surface area contributed by atoms with Gasteiger partial charge in [0.05, 0.1) is 7.11 Å². The smallest absolute Gasteiger partial charge is 0.124 e. The van der Waals surface area contributed by atoms with Crippen molar-refractivity contribution in [3.8, 4) is 5.75 Å². The van der Waals surface area contributed by atoms with Gasteiger partial charge in [-0.05, 0) is 56.1 Å². The highest BCUT2D eigenvalue weighted by Gasteiger charge is 2.23. The molecule has 0 spiro atoms. The summed E-state index contributed by atoms with van der Waals surface area (Å²) in [5, 5.41) is 0.809. The number of ether oxygens (including phenoxy) is 1. The van der Waals surface area contributed by atoms with Gasteiger partial charge < -0.3 is 14.5 Å². The first-order valence-corrected chi connectivity index (χ1v) is 10.9. The van der Waals surface area contributed by atoms with Crippen LogP contribution in [0.15, 0.2) is 54.7 Å². The van der Waals surface area contributed by atoms with Crippen LogP contribution >= 0.6 is 11.6 Å². The second-order valence-corrected chi connectivity index (χ2v) is 8.27. The summed E-state index contributed by atoms with van der Waals surface area (Å²) in [6.45, 7) is 10.7. The van der Waals surface area contributed by atoms with Gasteiger partial charge in [-0.1, -0.05) is 30.3 Å². The molecule has 2 heterocycles. The number of rotatable bonds is 6. The molecule has 0 aliphatic carbocycles. The van der Waals surface area contributed by atoms with Crippen LogP contribution < -0.4 is 14.5 Å². The van der Waals surface area contributed by atoms with Crippen LogP contribution in [0, 0.1) is 0 Å². The molecule has 2 aliphatic rings. The molecule has 29 heavy (non-hydrogen) atoms. The maximum absolute atomic E-state index is 6.15. The van der Waals surface area contributed by atoms with Crippen molar-refractivity contribution in [2.45, 2.75) is 19.3 Å². The zero-order valence-electron chi connectivity index (χ0n) is 17.2. The van der Waals surface area contributed by atoms with Gasteiger partial charge >= 0.3 is 0 Å². The van der Waals surface area contributed by atoms with Crippen molar-refractivity contribution in [1.82, 2.24) is 4.90 Å². The van der Waals surface area contributed by atoms with Crippen LogP contribution in [0.4, 0.5) is 11.4 Å². The molecule has 0 atom stereocenters. The Labute approximate surface area is 179 Å². The molecule has 2 aromatic rings. The fourth-order valence-electron chi connectivity index (χ4n) is 4.46. The summed E-state index contributed by atoms with van der Waals surface area (Å²) in [7, 11) is 1.76. The molecule has 0 saturated carbocycles. The van der Waals surface area contributed by atoms with Crippen molar-refractivity contribution in [3.05, 3.63) is 65.3 Å². The zero-order chi connectivity index (χ0) is 20.2. The molecule has 4 nitrogen and oxygen atoms in total. The number of anilines is 2. The molecule has 2 aromatic carbocycles. The van der Waals surface area contributed by atoms with Crippen molar-refractivity contribution in [2.75, 3.05) is 56.2 Å². The van der Waals surface area contributed by atoms with E-state index < -0.39 is 0 Å². The highest BCUT2D eigenvalue weighted by Crippen LogP contribution is 2.37. The second kappa shape index (κ2) is 9.10. The van der Waals surface area contributed by atoms with Crippen molar-refractivity contribution in [3.63, 3.8) is 0 Å². The average Bonchev–Trinajstić information content (AvgIpc) is 2.75. The van der Waals surface area contributed by atoms with Crippen LogP contribution in [0.3, 0.4) is 0 Å². The van der Waals surface area contributed by atoms with E-state index in [0.717, 1.165) is 69.3 Å². The molecule has 0 radical (unpaired) electrons. The molecular weight excluding hydrogens is 382 g/mol. The summed E-state index contributed by atoms with van der Waals surface area (Å²) in [4.78, 5) is 7.39. The van der Waals surface area contributed by atoms with E-state index in [1.54, 1.807) is 7.11 Å². The predicted octanol–water partition coefficient (Wildman–Crippen LogP) is 4.83. The molecule has 2 aliphatic heterocycles. The SMILES string of the molecule is C=C1CCc2c(OC)cccc2N1CCCN1CCN(c2cccc(Cl)c2)CC1. The Hall–Kier alpha value is -2.17. The van der Waals surface area contributed by atoms with Crippen LogP contribution in [-0.2, 0) is 6.42 Å². The van der Waals surface area contributed by atoms with Crippen LogP contribution in [0.1, 0.15) is 18.4 Å². The van der Waals surface area contributed by atoms with Crippen LogP contribution in [-0.4, -0.2) is 51.3 Å². The van der Waals surface area contributed by atoms with Gasteiger partial charge in [-0.3, -0.25) is 4.90 Å². The lowest BCUT2D eigenvalue weighted by Gasteiger charge is -2.37. The van der Waals surface area contributed by atoms with E-state index in [1.807, 2.05) is 12.1 Å². The van der Waals surface area contributed by atoms with Crippen molar-refractivity contribution >= 4 is 23.0 Å². The van der Waals surface area contributed by atoms with E-state index in [-0.39, 0.29) is 0 Å². The van der Waals surface area contributed by atoms with Crippen molar-refractivity contribution in [2.24, 2.45) is 0 Å². The predicted molar refractivity (Wildman–Crippen MR) is 123 cm³/mol. The Balaban J connectivity index is 1.30. The fraction of sp³-hybridized carbons (Fsp3) is 0.417. The number of allylic oxidation sites excluding steroid dienone is 1. The minimum atomic E-state index is 0.809. The molecule has 0 unspecified atom stereocenters. The quantitative estimate of drug-likeness (QED) is 0.677. The summed E-state index contributed by atoms with van der Waals surface area (Å²) in [5.74, 6) is 0.997. The van der Waals surface area contributed by atoms with Crippen LogP contribution in [0.5, 0.6) is 5.75 Å². The summed E-state index contributed by atoms with van der Waals surface area (Å²) < 4.78 is 5.57. The third-order valence-electron chi connectivity index (χ3n) is 6.07. The van der Waals surface area contributed by atoms with E-state index >= 15 is 0 Å². The Kier molecular flexibility index (Phi) is 6.31. The Morgan fingerprint density at radius 3 is 2.55 bits per heavy atom. The molecule has 0 N–H and O–H groups in total. The van der Waals surface area contributed by atoms with E-state index in [0.29, 0.717) is 0 Å². The lowest BCUT2D eigenvalue weighted by Crippen LogP contribution is -2.47. The lowest BCUT2D eigenvalue weighted by atomic mass is 9.98. The Morgan fingerprint density at radius 1 is 1.00 bits per heavy atom. The molecule has 0 bridgehead atoms. The van der Waals surface area contributed by atoms with Gasteiger partial charge in [0.25, 0.3) is 0 Å². The monoisotopic (exact) mass is 411 g/mol. The highest BCUT2D eigenvalue weighted by molar-refractivity contribution is 6.30. The first-order chi connectivity index (χ1) is 14.2. The van der Waals surface area contributed by atoms with Crippen molar-refractivity contribution in [1.29, 1.82) is 0 Å². The van der Waals surface area contributed by atoms with E-state index in [9.17, 15) is 0 Å². The molecular formula is C24H30ClN3O. The normalized spacial score (nSPS) is 17.4. The topological polar surface area (TPSA) is 19.0 Å². The number of benzene rings is 2. The van der Waals surface area contributed by atoms with Crippen molar-refractivity contribution < 1.29 is 4.74 Å². The minimum Gasteiger partial charge on any atom is -0.496 e. The highest BCUT2D eigenvalue weighted by atomic mass is 35.5. The number of methoxy groups -OCH3 is 1. The summed E-state index contributed by atoms with van der Waals surface area (Å²) in [6, 6.07) is 14.5. The van der Waals surface area contributed by atoms with Gasteiger partial charge in [0, 0.05) is 60.4 Å². The van der Waals surface area contributed by atoms with E-state index in [4.69, 9.17) is 16.3 Å². The Morgan fingerprint density at radius 2 is 1.79 bits per heavy atom.